The molecule has 0 radical (unpaired) electrons. The van der Waals surface area contributed by atoms with Crippen LogP contribution in [0.5, 0.6) is 5.75 Å². The van der Waals surface area contributed by atoms with E-state index in [2.05, 4.69) is 9.84 Å². The predicted octanol–water partition coefficient (Wildman–Crippen LogP) is 3.74. The largest absolute Gasteiger partial charge is 0.504 e. The van der Waals surface area contributed by atoms with E-state index in [0.717, 1.165) is 23.0 Å². The molecule has 0 atom stereocenters. The Bertz CT molecular complexity index is 1070. The highest BCUT2D eigenvalue weighted by Gasteiger charge is 2.34. The first-order chi connectivity index (χ1) is 14.2. The molecule has 1 heterocycles. The summed E-state index contributed by atoms with van der Waals surface area (Å²) in [6.07, 6.45) is -3.75. The summed E-state index contributed by atoms with van der Waals surface area (Å²) in [5, 5.41) is 13.7. The summed E-state index contributed by atoms with van der Waals surface area (Å²) in [6.45, 7) is -0.203. The zero-order chi connectivity index (χ0) is 21.9. The number of methoxy groups -OCH3 is 1. The SMILES string of the molecule is COC(=O)c1ccc(COC(=O)c2nn(-c3ccccc3C(F)(F)F)cc2O)cc1. The number of esters is 2. The summed E-state index contributed by atoms with van der Waals surface area (Å²) in [4.78, 5) is 23.6. The highest BCUT2D eigenvalue weighted by atomic mass is 19.4. The number of halogens is 3. The zero-order valence-electron chi connectivity index (χ0n) is 15.5. The summed E-state index contributed by atoms with van der Waals surface area (Å²) >= 11 is 0. The molecule has 0 unspecified atom stereocenters. The minimum Gasteiger partial charge on any atom is -0.504 e. The van der Waals surface area contributed by atoms with Crippen molar-refractivity contribution in [3.05, 3.63) is 77.1 Å². The molecule has 10 heteroatoms. The quantitative estimate of drug-likeness (QED) is 0.633. The maximum absolute atomic E-state index is 13.2. The van der Waals surface area contributed by atoms with Crippen molar-refractivity contribution in [2.45, 2.75) is 12.8 Å². The number of hydrogen-bond donors (Lipinski definition) is 1. The van der Waals surface area contributed by atoms with Crippen LogP contribution in [-0.4, -0.2) is 33.9 Å². The summed E-state index contributed by atoms with van der Waals surface area (Å²) in [7, 11) is 1.25. The Hall–Kier alpha value is -3.82. The third-order valence-electron chi connectivity index (χ3n) is 4.09. The van der Waals surface area contributed by atoms with Gasteiger partial charge in [0, 0.05) is 0 Å². The lowest BCUT2D eigenvalue weighted by molar-refractivity contribution is -0.137. The number of benzene rings is 2. The first-order valence-corrected chi connectivity index (χ1v) is 8.50. The van der Waals surface area contributed by atoms with Gasteiger partial charge in [-0.05, 0) is 29.8 Å². The Morgan fingerprint density at radius 3 is 2.37 bits per heavy atom. The molecule has 156 valence electrons. The van der Waals surface area contributed by atoms with Crippen LogP contribution >= 0.6 is 0 Å². The highest BCUT2D eigenvalue weighted by Crippen LogP contribution is 2.34. The van der Waals surface area contributed by atoms with Crippen molar-refractivity contribution in [1.29, 1.82) is 0 Å². The first-order valence-electron chi connectivity index (χ1n) is 8.50. The molecule has 3 aromatic rings. The van der Waals surface area contributed by atoms with E-state index in [0.29, 0.717) is 11.1 Å². The number of aromatic hydroxyl groups is 1. The number of hydrogen-bond acceptors (Lipinski definition) is 6. The normalized spacial score (nSPS) is 11.2. The first kappa shape index (κ1) is 20.9. The second-order valence-electron chi connectivity index (χ2n) is 6.09. The monoisotopic (exact) mass is 420 g/mol. The molecule has 0 aliphatic carbocycles. The fourth-order valence-corrected chi connectivity index (χ4v) is 2.62. The third-order valence-corrected chi connectivity index (χ3v) is 4.09. The van der Waals surface area contributed by atoms with Crippen molar-refractivity contribution in [2.24, 2.45) is 0 Å². The average Bonchev–Trinajstić information content (AvgIpc) is 3.13. The van der Waals surface area contributed by atoms with E-state index < -0.39 is 35.1 Å². The summed E-state index contributed by atoms with van der Waals surface area (Å²) in [5.74, 6) is -2.17. The van der Waals surface area contributed by atoms with Gasteiger partial charge in [0.15, 0.2) is 5.75 Å². The van der Waals surface area contributed by atoms with E-state index in [-0.39, 0.29) is 12.3 Å². The van der Waals surface area contributed by atoms with Gasteiger partial charge in [-0.25, -0.2) is 14.3 Å². The number of para-hydroxylation sites is 1. The molecule has 0 bridgehead atoms. The van der Waals surface area contributed by atoms with Crippen LogP contribution in [0.4, 0.5) is 13.2 Å². The number of alkyl halides is 3. The van der Waals surface area contributed by atoms with E-state index in [1.54, 1.807) is 0 Å². The van der Waals surface area contributed by atoms with Gasteiger partial charge in [0.2, 0.25) is 5.69 Å². The fourth-order valence-electron chi connectivity index (χ4n) is 2.62. The van der Waals surface area contributed by atoms with Crippen molar-refractivity contribution >= 4 is 11.9 Å². The molecule has 7 nitrogen and oxygen atoms in total. The van der Waals surface area contributed by atoms with Crippen LogP contribution in [-0.2, 0) is 22.3 Å². The Labute approximate surface area is 168 Å². The van der Waals surface area contributed by atoms with Gasteiger partial charge < -0.3 is 14.6 Å². The predicted molar refractivity (Wildman–Crippen MR) is 97.1 cm³/mol. The molecule has 3 rings (SSSR count). The van der Waals surface area contributed by atoms with Crippen LogP contribution in [0.3, 0.4) is 0 Å². The Kier molecular flexibility index (Phi) is 5.77. The van der Waals surface area contributed by atoms with Gasteiger partial charge in [0.1, 0.15) is 6.61 Å². The maximum Gasteiger partial charge on any atom is 0.418 e. The van der Waals surface area contributed by atoms with E-state index in [9.17, 15) is 27.9 Å². The molecule has 0 spiro atoms. The number of nitrogens with zero attached hydrogens (tertiary/aromatic N) is 2. The molecular weight excluding hydrogens is 405 g/mol. The van der Waals surface area contributed by atoms with Crippen LogP contribution in [0.25, 0.3) is 5.69 Å². The minimum atomic E-state index is -4.64. The second-order valence-corrected chi connectivity index (χ2v) is 6.09. The molecule has 0 fully saturated rings. The Morgan fingerprint density at radius 2 is 1.73 bits per heavy atom. The van der Waals surface area contributed by atoms with Gasteiger partial charge in [0.05, 0.1) is 30.1 Å². The number of ether oxygens (including phenoxy) is 2. The number of aromatic nitrogens is 2. The zero-order valence-corrected chi connectivity index (χ0v) is 15.5. The molecule has 0 saturated carbocycles. The molecule has 1 N–H and O–H groups in total. The average molecular weight is 420 g/mol. The molecule has 0 aliphatic rings. The van der Waals surface area contributed by atoms with Crippen LogP contribution in [0, 0.1) is 0 Å². The second kappa shape index (κ2) is 8.27. The summed E-state index contributed by atoms with van der Waals surface area (Å²) in [5.41, 5.74) is -1.00. The smallest absolute Gasteiger partial charge is 0.418 e. The lowest BCUT2D eigenvalue weighted by atomic mass is 10.1. The van der Waals surface area contributed by atoms with Gasteiger partial charge in [0.25, 0.3) is 0 Å². The van der Waals surface area contributed by atoms with Crippen LogP contribution in [0.15, 0.2) is 54.7 Å². The standard InChI is InChI=1S/C20H15F3N2O5/c1-29-18(27)13-8-6-12(7-9-13)11-30-19(28)17-16(26)10-25(24-17)15-5-3-2-4-14(15)20(21,22)23/h2-10,26H,11H2,1H3. The van der Waals surface area contributed by atoms with E-state index >= 15 is 0 Å². The van der Waals surface area contributed by atoms with Gasteiger partial charge in [-0.3, -0.25) is 0 Å². The molecule has 1 aromatic heterocycles. The van der Waals surface area contributed by atoms with Crippen molar-refractivity contribution in [2.75, 3.05) is 7.11 Å². The third kappa shape index (κ3) is 4.43. The van der Waals surface area contributed by atoms with Crippen molar-refractivity contribution in [3.8, 4) is 11.4 Å². The van der Waals surface area contributed by atoms with Gasteiger partial charge in [-0.1, -0.05) is 24.3 Å². The summed E-state index contributed by atoms with van der Waals surface area (Å²) in [6, 6.07) is 10.7. The lowest BCUT2D eigenvalue weighted by Crippen LogP contribution is -2.12. The number of carbonyl (C=O) groups excluding carboxylic acids is 2. The van der Waals surface area contributed by atoms with Crippen molar-refractivity contribution in [3.63, 3.8) is 0 Å². The topological polar surface area (TPSA) is 90.7 Å². The summed E-state index contributed by atoms with van der Waals surface area (Å²) < 4.78 is 50.0. The van der Waals surface area contributed by atoms with Gasteiger partial charge >= 0.3 is 18.1 Å². The van der Waals surface area contributed by atoms with E-state index in [1.807, 2.05) is 0 Å². The van der Waals surface area contributed by atoms with E-state index in [1.165, 1.54) is 43.5 Å². The number of carbonyl (C=O) groups is 2. The van der Waals surface area contributed by atoms with Crippen molar-refractivity contribution in [1.82, 2.24) is 9.78 Å². The fraction of sp³-hybridized carbons (Fsp3) is 0.150. The molecule has 0 aliphatic heterocycles. The molecule has 30 heavy (non-hydrogen) atoms. The number of rotatable bonds is 5. The highest BCUT2D eigenvalue weighted by molar-refractivity contribution is 5.90. The van der Waals surface area contributed by atoms with Crippen LogP contribution in [0.2, 0.25) is 0 Å². The molecular formula is C20H15F3N2O5. The Balaban J connectivity index is 1.76. The van der Waals surface area contributed by atoms with Gasteiger partial charge in [-0.15, -0.1) is 0 Å². The lowest BCUT2D eigenvalue weighted by Gasteiger charge is -2.12. The molecule has 0 amide bonds. The Morgan fingerprint density at radius 1 is 1.07 bits per heavy atom. The van der Waals surface area contributed by atoms with Crippen molar-refractivity contribution < 1.29 is 37.3 Å². The molecule has 0 saturated heterocycles. The van der Waals surface area contributed by atoms with Crippen LogP contribution in [0.1, 0.15) is 32.0 Å². The molecule has 2 aromatic carbocycles. The van der Waals surface area contributed by atoms with Crippen LogP contribution < -0.4 is 0 Å². The van der Waals surface area contributed by atoms with Gasteiger partial charge in [-0.2, -0.15) is 18.3 Å². The van der Waals surface area contributed by atoms with E-state index in [4.69, 9.17) is 4.74 Å². The minimum absolute atomic E-state index is 0.203. The maximum atomic E-state index is 13.2.